The molecule has 20 heavy (non-hydrogen) atoms. The highest BCUT2D eigenvalue weighted by molar-refractivity contribution is 4.81. The van der Waals surface area contributed by atoms with Gasteiger partial charge in [-0.1, -0.05) is 71.6 Å². The second-order valence-electron chi connectivity index (χ2n) is 6.59. The summed E-state index contributed by atoms with van der Waals surface area (Å²) in [7, 11) is 0. The van der Waals surface area contributed by atoms with Crippen molar-refractivity contribution in [2.75, 3.05) is 13.1 Å². The second-order valence-corrected chi connectivity index (χ2v) is 6.59. The summed E-state index contributed by atoms with van der Waals surface area (Å²) >= 11 is 0. The Bertz CT molecular complexity index is 219. The maximum absolute atomic E-state index is 13.4. The average Bonchev–Trinajstić information content (AvgIpc) is 2.87. The molecule has 0 radical (unpaired) electrons. The summed E-state index contributed by atoms with van der Waals surface area (Å²) in [4.78, 5) is 2.44. The van der Waals surface area contributed by atoms with Gasteiger partial charge in [0.25, 0.3) is 0 Å². The molecule has 1 aliphatic heterocycles. The molecule has 1 unspecified atom stereocenters. The van der Waals surface area contributed by atoms with E-state index in [4.69, 9.17) is 0 Å². The number of alkyl halides is 1. The van der Waals surface area contributed by atoms with E-state index in [1.54, 1.807) is 0 Å². The zero-order valence-electron chi connectivity index (χ0n) is 13.9. The summed E-state index contributed by atoms with van der Waals surface area (Å²) < 4.78 is 13.4. The summed E-state index contributed by atoms with van der Waals surface area (Å²) in [5.41, 5.74) is 0. The normalized spacial score (nSPS) is 21.4. The van der Waals surface area contributed by atoms with Crippen LogP contribution in [-0.4, -0.2) is 30.2 Å². The minimum atomic E-state index is -0.562. The summed E-state index contributed by atoms with van der Waals surface area (Å²) in [6.07, 6.45) is 14.9. The average molecular weight is 285 g/mol. The third-order valence-electron chi connectivity index (χ3n) is 4.71. The van der Waals surface area contributed by atoms with Crippen LogP contribution in [0.2, 0.25) is 0 Å². The van der Waals surface area contributed by atoms with E-state index in [2.05, 4.69) is 18.7 Å². The van der Waals surface area contributed by atoms with Crippen LogP contribution in [0, 0.1) is 0 Å². The molecular formula is C18H36FN. The summed E-state index contributed by atoms with van der Waals surface area (Å²) in [5.74, 6) is 0. The highest BCUT2D eigenvalue weighted by Gasteiger charge is 2.27. The van der Waals surface area contributed by atoms with Gasteiger partial charge in [0.05, 0.1) is 0 Å². The topological polar surface area (TPSA) is 3.24 Å². The first-order valence-electron chi connectivity index (χ1n) is 9.16. The van der Waals surface area contributed by atoms with Crippen molar-refractivity contribution in [2.24, 2.45) is 0 Å². The third-order valence-corrected chi connectivity index (χ3v) is 4.71. The van der Waals surface area contributed by atoms with E-state index in [0.717, 1.165) is 13.0 Å². The second kappa shape index (κ2) is 11.5. The van der Waals surface area contributed by atoms with E-state index in [1.165, 1.54) is 70.6 Å². The van der Waals surface area contributed by atoms with E-state index in [-0.39, 0.29) is 0 Å². The molecule has 120 valence electrons. The first-order valence-corrected chi connectivity index (χ1v) is 9.16. The minimum Gasteiger partial charge on any atom is -0.297 e. The molecule has 0 spiro atoms. The molecular weight excluding hydrogens is 249 g/mol. The Hall–Kier alpha value is -0.110. The number of nitrogens with zero attached hydrogens (tertiary/aromatic N) is 1. The number of hydrogen-bond acceptors (Lipinski definition) is 1. The van der Waals surface area contributed by atoms with Crippen LogP contribution in [0.25, 0.3) is 0 Å². The quantitative estimate of drug-likeness (QED) is 0.414. The Morgan fingerprint density at radius 3 is 1.95 bits per heavy atom. The molecule has 0 saturated carbocycles. The van der Waals surface area contributed by atoms with Crippen molar-refractivity contribution < 1.29 is 4.39 Å². The summed E-state index contributed by atoms with van der Waals surface area (Å²) in [5, 5.41) is 0. The van der Waals surface area contributed by atoms with Gasteiger partial charge in [0.2, 0.25) is 0 Å². The minimum absolute atomic E-state index is 0.562. The van der Waals surface area contributed by atoms with Gasteiger partial charge in [-0.2, -0.15) is 0 Å². The summed E-state index contributed by atoms with van der Waals surface area (Å²) in [6, 6.07) is 0.661. The molecule has 1 nitrogen and oxygen atoms in total. The predicted octanol–water partition coefficient (Wildman–Crippen LogP) is 5.73. The van der Waals surface area contributed by atoms with Crippen molar-refractivity contribution in [3.05, 3.63) is 0 Å². The van der Waals surface area contributed by atoms with Crippen molar-refractivity contribution in [1.29, 1.82) is 0 Å². The molecule has 2 atom stereocenters. The van der Waals surface area contributed by atoms with E-state index < -0.39 is 6.17 Å². The molecule has 0 N–H and O–H groups in total. The van der Waals surface area contributed by atoms with Crippen molar-refractivity contribution >= 4 is 0 Å². The number of likely N-dealkylation sites (tertiary alicyclic amines) is 1. The van der Waals surface area contributed by atoms with Crippen molar-refractivity contribution in [1.82, 2.24) is 4.90 Å². The maximum Gasteiger partial charge on any atom is 0.114 e. The van der Waals surface area contributed by atoms with E-state index >= 15 is 0 Å². The van der Waals surface area contributed by atoms with Crippen LogP contribution in [0.5, 0.6) is 0 Å². The lowest BCUT2D eigenvalue weighted by Crippen LogP contribution is -2.33. The maximum atomic E-state index is 13.4. The lowest BCUT2D eigenvalue weighted by molar-refractivity contribution is 0.193. The van der Waals surface area contributed by atoms with Gasteiger partial charge >= 0.3 is 0 Å². The molecule has 0 aliphatic carbocycles. The third kappa shape index (κ3) is 7.61. The van der Waals surface area contributed by atoms with Crippen molar-refractivity contribution in [3.63, 3.8) is 0 Å². The Labute approximate surface area is 126 Å². The number of halogens is 1. The zero-order chi connectivity index (χ0) is 14.6. The van der Waals surface area contributed by atoms with Gasteiger partial charge in [0.15, 0.2) is 0 Å². The fraction of sp³-hybridized carbons (Fsp3) is 1.00. The Morgan fingerprint density at radius 1 is 0.900 bits per heavy atom. The molecule has 0 aromatic carbocycles. The van der Waals surface area contributed by atoms with Gasteiger partial charge in [-0.3, -0.25) is 4.90 Å². The largest absolute Gasteiger partial charge is 0.297 e. The van der Waals surface area contributed by atoms with Crippen LogP contribution in [0.4, 0.5) is 4.39 Å². The van der Waals surface area contributed by atoms with Gasteiger partial charge in [-0.05, 0) is 19.3 Å². The van der Waals surface area contributed by atoms with Crippen LogP contribution in [0.1, 0.15) is 90.9 Å². The van der Waals surface area contributed by atoms with Crippen LogP contribution in [0.15, 0.2) is 0 Å². The molecule has 0 aromatic heterocycles. The number of rotatable bonds is 12. The van der Waals surface area contributed by atoms with Gasteiger partial charge in [0, 0.05) is 19.1 Å². The molecule has 1 heterocycles. The van der Waals surface area contributed by atoms with Crippen molar-refractivity contribution in [2.45, 2.75) is 103 Å². The Balaban J connectivity index is 2.23. The zero-order valence-corrected chi connectivity index (χ0v) is 13.9. The molecule has 0 amide bonds. The standard InChI is InChI=1S/C18H36FN/c1-3-5-7-9-11-13-18(12-10-8-6-4-2)20-15-14-17(19)16-20/h17-18H,3-16H2,1-2H3/t17-,18?/m1/s1. The lowest BCUT2D eigenvalue weighted by atomic mass is 9.99. The van der Waals surface area contributed by atoms with E-state index in [1.807, 2.05) is 0 Å². The highest BCUT2D eigenvalue weighted by atomic mass is 19.1. The first-order chi connectivity index (χ1) is 9.77. The van der Waals surface area contributed by atoms with Gasteiger partial charge in [0.1, 0.15) is 6.17 Å². The summed E-state index contributed by atoms with van der Waals surface area (Å²) in [6.45, 7) is 6.23. The number of hydrogen-bond donors (Lipinski definition) is 0. The van der Waals surface area contributed by atoms with Crippen LogP contribution < -0.4 is 0 Å². The van der Waals surface area contributed by atoms with Crippen LogP contribution in [0.3, 0.4) is 0 Å². The SMILES string of the molecule is CCCCCCCC(CCCCCC)N1CC[C@@H](F)C1. The molecule has 0 bridgehead atoms. The molecule has 1 rings (SSSR count). The monoisotopic (exact) mass is 285 g/mol. The van der Waals surface area contributed by atoms with Gasteiger partial charge < -0.3 is 0 Å². The van der Waals surface area contributed by atoms with Gasteiger partial charge in [-0.25, -0.2) is 4.39 Å². The van der Waals surface area contributed by atoms with Gasteiger partial charge in [-0.15, -0.1) is 0 Å². The van der Waals surface area contributed by atoms with Crippen LogP contribution in [-0.2, 0) is 0 Å². The fourth-order valence-electron chi connectivity index (χ4n) is 3.37. The van der Waals surface area contributed by atoms with E-state index in [9.17, 15) is 4.39 Å². The highest BCUT2D eigenvalue weighted by Crippen LogP contribution is 2.23. The fourth-order valence-corrected chi connectivity index (χ4v) is 3.37. The lowest BCUT2D eigenvalue weighted by Gasteiger charge is -2.27. The van der Waals surface area contributed by atoms with Crippen molar-refractivity contribution in [3.8, 4) is 0 Å². The molecule has 1 fully saturated rings. The Morgan fingerprint density at radius 2 is 1.45 bits per heavy atom. The molecule has 2 heteroatoms. The molecule has 1 saturated heterocycles. The molecule has 0 aromatic rings. The Kier molecular flexibility index (Phi) is 10.4. The molecule has 1 aliphatic rings. The smallest absolute Gasteiger partial charge is 0.114 e. The van der Waals surface area contributed by atoms with Crippen LogP contribution >= 0.6 is 0 Å². The predicted molar refractivity (Wildman–Crippen MR) is 87.0 cm³/mol. The van der Waals surface area contributed by atoms with E-state index in [0.29, 0.717) is 12.6 Å². The number of unbranched alkanes of at least 4 members (excludes halogenated alkanes) is 7. The first kappa shape index (κ1) is 17.9.